The topological polar surface area (TPSA) is 268 Å². The molecule has 0 aliphatic rings. The number of carbonyl (C=O) groups is 6. The summed E-state index contributed by atoms with van der Waals surface area (Å²) in [6, 6.07) is 39.0. The summed E-state index contributed by atoms with van der Waals surface area (Å²) >= 11 is 0. The van der Waals surface area contributed by atoms with Crippen molar-refractivity contribution in [1.82, 2.24) is 16.0 Å². The molecule has 0 spiro atoms. The van der Waals surface area contributed by atoms with Crippen molar-refractivity contribution >= 4 is 52.5 Å². The van der Waals surface area contributed by atoms with Gasteiger partial charge in [-0.05, 0) is 176 Å². The van der Waals surface area contributed by atoms with Crippen LogP contribution < -0.4 is 45.3 Å². The molecular weight excluding hydrogens is 1320 g/mol. The SMILES string of the molecule is CNC(=O)CCCOCCOc1ccc(N(C)C(=O)CCOCCCOc2cc(-c3cc(COCCCOCC(=O)N(C)c4ccc(CCOCCOCC(=O)NC)cc4)ccc3C)c(C)cc2-c2cc(C)ccc2COCCOCC(=O)Nc2ccc(OCCCCOCC(=O)NC)cc2)cc1. The molecule has 103 heavy (non-hydrogen) atoms. The number of nitrogens with one attached hydrogen (secondary N) is 4. The van der Waals surface area contributed by atoms with Crippen LogP contribution in [-0.2, 0) is 91.0 Å². The number of benzene rings is 6. The monoisotopic (exact) mass is 1430 g/mol. The quantitative estimate of drug-likeness (QED) is 0.0259. The number of aryl methyl sites for hydroxylation is 3. The van der Waals surface area contributed by atoms with E-state index in [0.29, 0.717) is 141 Å². The molecule has 0 aliphatic heterocycles. The molecule has 0 heterocycles. The molecule has 6 aromatic carbocycles. The first kappa shape index (κ1) is 83.1. The van der Waals surface area contributed by atoms with E-state index in [4.69, 9.17) is 56.8 Å². The van der Waals surface area contributed by atoms with Crippen LogP contribution >= 0.6 is 0 Å². The molecule has 560 valence electrons. The number of hydrogen-bond acceptors (Lipinski definition) is 18. The maximum atomic E-state index is 13.3. The summed E-state index contributed by atoms with van der Waals surface area (Å²) in [5, 5.41) is 10.5. The van der Waals surface area contributed by atoms with Crippen LogP contribution in [0.5, 0.6) is 17.2 Å². The molecule has 0 aromatic heterocycles. The van der Waals surface area contributed by atoms with Crippen LogP contribution in [0.3, 0.4) is 0 Å². The zero-order valence-corrected chi connectivity index (χ0v) is 61.3. The highest BCUT2D eigenvalue weighted by Crippen LogP contribution is 2.40. The van der Waals surface area contributed by atoms with Crippen LogP contribution in [0.4, 0.5) is 17.1 Å². The van der Waals surface area contributed by atoms with Crippen molar-refractivity contribution < 1.29 is 85.6 Å². The summed E-state index contributed by atoms with van der Waals surface area (Å²) < 4.78 is 70.0. The van der Waals surface area contributed by atoms with Gasteiger partial charge in [0.25, 0.3) is 5.91 Å². The summed E-state index contributed by atoms with van der Waals surface area (Å²) in [5.74, 6) is 1.09. The summed E-state index contributed by atoms with van der Waals surface area (Å²) in [4.78, 5) is 76.3. The van der Waals surface area contributed by atoms with Gasteiger partial charge in [-0.1, -0.05) is 48.0 Å². The molecule has 0 radical (unpaired) electrons. The maximum absolute atomic E-state index is 13.3. The van der Waals surface area contributed by atoms with Crippen LogP contribution in [0.1, 0.15) is 78.3 Å². The molecule has 6 amide bonds. The van der Waals surface area contributed by atoms with E-state index in [9.17, 15) is 28.8 Å². The van der Waals surface area contributed by atoms with Crippen molar-refractivity contribution in [3.63, 3.8) is 0 Å². The lowest BCUT2D eigenvalue weighted by molar-refractivity contribution is -0.126. The molecule has 6 aromatic rings. The molecule has 6 rings (SSSR count). The lowest BCUT2D eigenvalue weighted by atomic mass is 9.90. The molecule has 0 bridgehead atoms. The molecular formula is C79H106N6O18. The number of carbonyl (C=O) groups excluding carboxylic acids is 6. The summed E-state index contributed by atoms with van der Waals surface area (Å²) in [7, 11) is 8.21. The van der Waals surface area contributed by atoms with E-state index in [-0.39, 0.29) is 94.7 Å². The smallest absolute Gasteiger partial charge is 0.252 e. The van der Waals surface area contributed by atoms with Gasteiger partial charge in [0.2, 0.25) is 29.5 Å². The minimum absolute atomic E-state index is 0.00530. The van der Waals surface area contributed by atoms with Gasteiger partial charge in [-0.25, -0.2) is 0 Å². The summed E-state index contributed by atoms with van der Waals surface area (Å²) in [6.07, 6.45) is 4.61. The van der Waals surface area contributed by atoms with Crippen molar-refractivity contribution in [1.29, 1.82) is 0 Å². The Hall–Kier alpha value is -8.82. The standard InChI is InChI=1S/C79H106N6O18/c1-58-15-20-63(53-98-44-45-100-56-77(89)83-64-21-27-67(28-22-64)101-38-10-9-33-96-54-75(87)81-5)71(48-58)72-49-60(3)70(51-73(72)103-39-13-35-92-41-32-78(90)84(7)66-25-29-68(30-26-66)102-47-46-93-34-11-14-74(86)80-4)69-50-62(17-16-59(69)2)52-95-36-12-37-97-57-79(91)85(8)65-23-18-61(19-24-65)31-40-94-42-43-99-55-76(88)82-6/h15-30,48-51H,9-14,31-47,52-57H2,1-8H3,(H,80,86)(H,81,87)(H,82,88)(H,83,89). The Morgan fingerprint density at radius 2 is 0.874 bits per heavy atom. The molecule has 0 saturated heterocycles. The first-order valence-corrected chi connectivity index (χ1v) is 35.2. The van der Waals surface area contributed by atoms with Gasteiger partial charge in [0.15, 0.2) is 0 Å². The molecule has 0 saturated carbocycles. The first-order chi connectivity index (χ1) is 50.0. The van der Waals surface area contributed by atoms with Gasteiger partial charge < -0.3 is 87.9 Å². The number of anilines is 3. The lowest BCUT2D eigenvalue weighted by Gasteiger charge is -2.20. The Kier molecular flexibility index (Phi) is 38.9. The van der Waals surface area contributed by atoms with Crippen molar-refractivity contribution in [2.75, 3.05) is 176 Å². The van der Waals surface area contributed by atoms with Crippen molar-refractivity contribution in [3.8, 4) is 39.5 Å². The molecule has 0 fully saturated rings. The average molecular weight is 1430 g/mol. The zero-order chi connectivity index (χ0) is 73.8. The van der Waals surface area contributed by atoms with Crippen LogP contribution in [0, 0.1) is 20.8 Å². The third-order valence-corrected chi connectivity index (χ3v) is 16.3. The van der Waals surface area contributed by atoms with Gasteiger partial charge >= 0.3 is 0 Å². The van der Waals surface area contributed by atoms with Gasteiger partial charge in [-0.2, -0.15) is 0 Å². The molecule has 0 unspecified atom stereocenters. The maximum Gasteiger partial charge on any atom is 0.252 e. The van der Waals surface area contributed by atoms with Crippen LogP contribution in [0.15, 0.2) is 121 Å². The summed E-state index contributed by atoms with van der Waals surface area (Å²) in [5.41, 5.74) is 12.2. The first-order valence-electron chi connectivity index (χ1n) is 35.2. The van der Waals surface area contributed by atoms with Gasteiger partial charge in [-0.3, -0.25) is 28.8 Å². The van der Waals surface area contributed by atoms with E-state index in [1.165, 1.54) is 0 Å². The fourth-order valence-electron chi connectivity index (χ4n) is 10.3. The van der Waals surface area contributed by atoms with E-state index in [1.54, 1.807) is 69.3 Å². The summed E-state index contributed by atoms with van der Waals surface area (Å²) in [6.45, 7) is 12.3. The van der Waals surface area contributed by atoms with E-state index >= 15 is 0 Å². The number of ether oxygens (including phenoxy) is 12. The van der Waals surface area contributed by atoms with E-state index in [0.717, 1.165) is 79.9 Å². The molecule has 24 nitrogen and oxygen atoms in total. The highest BCUT2D eigenvalue weighted by molar-refractivity contribution is 5.94. The number of unbranched alkanes of at least 4 members (excludes halogenated alkanes) is 1. The van der Waals surface area contributed by atoms with E-state index in [2.05, 4.69) is 83.6 Å². The fraction of sp³-hybridized carbons (Fsp3) is 0.468. The minimum Gasteiger partial charge on any atom is -0.494 e. The van der Waals surface area contributed by atoms with Gasteiger partial charge in [0.05, 0.1) is 79.1 Å². The van der Waals surface area contributed by atoms with Crippen LogP contribution in [0.25, 0.3) is 22.3 Å². The van der Waals surface area contributed by atoms with Crippen molar-refractivity contribution in [2.24, 2.45) is 0 Å². The third-order valence-electron chi connectivity index (χ3n) is 16.3. The van der Waals surface area contributed by atoms with Gasteiger partial charge in [-0.15, -0.1) is 0 Å². The van der Waals surface area contributed by atoms with Gasteiger partial charge in [0, 0.05) is 104 Å². The van der Waals surface area contributed by atoms with Crippen molar-refractivity contribution in [2.45, 2.75) is 85.4 Å². The second-order valence-corrected chi connectivity index (χ2v) is 24.3. The Labute approximate surface area is 606 Å². The molecule has 24 heteroatoms. The van der Waals surface area contributed by atoms with E-state index in [1.807, 2.05) is 55.5 Å². The van der Waals surface area contributed by atoms with Crippen LogP contribution in [0.2, 0.25) is 0 Å². The second kappa shape index (κ2) is 48.2. The number of rotatable bonds is 52. The second-order valence-electron chi connectivity index (χ2n) is 24.3. The lowest BCUT2D eigenvalue weighted by Crippen LogP contribution is -2.30. The Balaban J connectivity index is 1.00. The minimum atomic E-state index is -0.301. The Morgan fingerprint density at radius 1 is 0.359 bits per heavy atom. The zero-order valence-electron chi connectivity index (χ0n) is 61.3. The fourth-order valence-corrected chi connectivity index (χ4v) is 10.3. The number of likely N-dealkylation sites (N-methyl/N-ethyl adjacent to an activating group) is 3. The average Bonchev–Trinajstić information content (AvgIpc) is 0.778. The number of hydrogen-bond donors (Lipinski definition) is 4. The van der Waals surface area contributed by atoms with E-state index < -0.39 is 0 Å². The molecule has 0 aliphatic carbocycles. The third kappa shape index (κ3) is 31.8. The highest BCUT2D eigenvalue weighted by Gasteiger charge is 2.19. The Bertz CT molecular complexity index is 3520. The molecule has 0 atom stereocenters. The number of nitrogens with zero attached hydrogens (tertiary/aromatic N) is 2. The Morgan fingerprint density at radius 3 is 1.59 bits per heavy atom. The van der Waals surface area contributed by atoms with Gasteiger partial charge in [0.1, 0.15) is 50.3 Å². The normalized spacial score (nSPS) is 11.1. The predicted octanol–water partition coefficient (Wildman–Crippen LogP) is 9.71. The number of amides is 6. The van der Waals surface area contributed by atoms with Crippen LogP contribution in [-0.4, -0.2) is 196 Å². The molecule has 4 N–H and O–H groups in total. The highest BCUT2D eigenvalue weighted by atomic mass is 16.5. The largest absolute Gasteiger partial charge is 0.494 e. The van der Waals surface area contributed by atoms with Crippen molar-refractivity contribution in [3.05, 3.63) is 155 Å². The predicted molar refractivity (Wildman–Crippen MR) is 396 cm³/mol.